The van der Waals surface area contributed by atoms with Crippen LogP contribution in [0.1, 0.15) is 15.9 Å². The van der Waals surface area contributed by atoms with Crippen LogP contribution in [0.2, 0.25) is 10.0 Å². The van der Waals surface area contributed by atoms with E-state index in [1.165, 1.54) is 24.7 Å². The third kappa shape index (κ3) is 1.92. The summed E-state index contributed by atoms with van der Waals surface area (Å²) in [7, 11) is 0. The molecule has 82 valence electrons. The molecule has 0 aliphatic carbocycles. The van der Waals surface area contributed by atoms with Gasteiger partial charge in [-0.2, -0.15) is 0 Å². The second kappa shape index (κ2) is 4.20. The van der Waals surface area contributed by atoms with Gasteiger partial charge in [0.1, 0.15) is 6.26 Å². The Morgan fingerprint density at radius 3 is 2.31 bits per heavy atom. The molecule has 0 saturated heterocycles. The quantitative estimate of drug-likeness (QED) is 0.661. The minimum Gasteiger partial charge on any atom is -0.472 e. The van der Waals surface area contributed by atoms with Crippen molar-refractivity contribution < 1.29 is 9.21 Å². The van der Waals surface area contributed by atoms with Gasteiger partial charge in [-0.3, -0.25) is 4.79 Å². The highest BCUT2D eigenvalue weighted by molar-refractivity contribution is 6.39. The Kier molecular flexibility index (Phi) is 2.90. The van der Waals surface area contributed by atoms with Crippen molar-refractivity contribution in [2.75, 3.05) is 5.73 Å². The van der Waals surface area contributed by atoms with Gasteiger partial charge in [-0.1, -0.05) is 23.2 Å². The van der Waals surface area contributed by atoms with E-state index in [0.717, 1.165) is 0 Å². The minimum absolute atomic E-state index is 0.211. The summed E-state index contributed by atoms with van der Waals surface area (Å²) in [5.41, 5.74) is 6.67. The van der Waals surface area contributed by atoms with E-state index < -0.39 is 0 Å². The summed E-state index contributed by atoms with van der Waals surface area (Å²) in [6, 6.07) is 4.54. The summed E-state index contributed by atoms with van der Waals surface area (Å²) in [5, 5.41) is 0.527. The Morgan fingerprint density at radius 2 is 1.81 bits per heavy atom. The Balaban J connectivity index is 2.46. The number of ketones is 1. The first-order valence-electron chi connectivity index (χ1n) is 4.41. The average Bonchev–Trinajstić information content (AvgIpc) is 2.77. The smallest absolute Gasteiger partial charge is 0.196 e. The van der Waals surface area contributed by atoms with Gasteiger partial charge in [-0.05, 0) is 18.2 Å². The SMILES string of the molecule is Nc1c(Cl)cc(C(=O)c2ccoc2)cc1Cl. The summed E-state index contributed by atoms with van der Waals surface area (Å²) < 4.78 is 4.83. The number of halogens is 2. The van der Waals surface area contributed by atoms with Crippen LogP contribution in [-0.2, 0) is 0 Å². The summed E-state index contributed by atoms with van der Waals surface area (Å²) in [6.07, 6.45) is 2.79. The van der Waals surface area contributed by atoms with Crippen molar-refractivity contribution in [3.63, 3.8) is 0 Å². The van der Waals surface area contributed by atoms with Crippen LogP contribution in [0, 0.1) is 0 Å². The highest BCUT2D eigenvalue weighted by Gasteiger charge is 2.13. The average molecular weight is 256 g/mol. The fourth-order valence-corrected chi connectivity index (χ4v) is 1.76. The van der Waals surface area contributed by atoms with Gasteiger partial charge in [0, 0.05) is 5.56 Å². The number of hydrogen-bond acceptors (Lipinski definition) is 3. The van der Waals surface area contributed by atoms with Crippen LogP contribution in [0.5, 0.6) is 0 Å². The maximum absolute atomic E-state index is 11.9. The molecule has 1 aromatic carbocycles. The molecule has 0 amide bonds. The summed E-state index contributed by atoms with van der Waals surface area (Å²) in [5.74, 6) is -0.211. The number of anilines is 1. The van der Waals surface area contributed by atoms with Gasteiger partial charge in [-0.25, -0.2) is 0 Å². The Bertz CT molecular complexity index is 512. The monoisotopic (exact) mass is 255 g/mol. The third-order valence-corrected chi connectivity index (χ3v) is 2.75. The summed E-state index contributed by atoms with van der Waals surface area (Å²) in [6.45, 7) is 0. The lowest BCUT2D eigenvalue weighted by Crippen LogP contribution is -2.01. The molecule has 5 heteroatoms. The lowest BCUT2D eigenvalue weighted by Gasteiger charge is -2.04. The number of nitrogen functional groups attached to an aromatic ring is 1. The molecule has 0 aliphatic rings. The van der Waals surface area contributed by atoms with E-state index in [2.05, 4.69) is 0 Å². The van der Waals surface area contributed by atoms with Crippen LogP contribution in [0.15, 0.2) is 35.1 Å². The normalized spacial score (nSPS) is 10.4. The largest absolute Gasteiger partial charge is 0.472 e. The Hall–Kier alpha value is -1.45. The van der Waals surface area contributed by atoms with E-state index in [0.29, 0.717) is 11.1 Å². The first-order chi connectivity index (χ1) is 7.59. The standard InChI is InChI=1S/C11H7Cl2NO2/c12-8-3-7(4-9(13)10(8)14)11(15)6-1-2-16-5-6/h1-5H,14H2. The molecule has 0 atom stereocenters. The second-order valence-electron chi connectivity index (χ2n) is 3.19. The van der Waals surface area contributed by atoms with E-state index in [1.807, 2.05) is 0 Å². The van der Waals surface area contributed by atoms with Gasteiger partial charge in [0.2, 0.25) is 0 Å². The maximum Gasteiger partial charge on any atom is 0.196 e. The van der Waals surface area contributed by atoms with Gasteiger partial charge >= 0.3 is 0 Å². The lowest BCUT2D eigenvalue weighted by molar-refractivity contribution is 0.103. The van der Waals surface area contributed by atoms with E-state index >= 15 is 0 Å². The molecule has 0 unspecified atom stereocenters. The van der Waals surface area contributed by atoms with Gasteiger partial charge < -0.3 is 10.2 Å². The molecular formula is C11H7Cl2NO2. The highest BCUT2D eigenvalue weighted by atomic mass is 35.5. The van der Waals surface area contributed by atoms with Crippen molar-refractivity contribution in [1.29, 1.82) is 0 Å². The van der Waals surface area contributed by atoms with E-state index in [-0.39, 0.29) is 21.5 Å². The van der Waals surface area contributed by atoms with Crippen molar-refractivity contribution in [2.45, 2.75) is 0 Å². The number of carbonyl (C=O) groups is 1. The lowest BCUT2D eigenvalue weighted by atomic mass is 10.1. The van der Waals surface area contributed by atoms with Crippen molar-refractivity contribution in [2.24, 2.45) is 0 Å². The topological polar surface area (TPSA) is 56.2 Å². The molecule has 0 fully saturated rings. The van der Waals surface area contributed by atoms with Crippen LogP contribution in [0.3, 0.4) is 0 Å². The first-order valence-corrected chi connectivity index (χ1v) is 5.16. The van der Waals surface area contributed by atoms with Crippen LogP contribution in [0.25, 0.3) is 0 Å². The van der Waals surface area contributed by atoms with Crippen molar-refractivity contribution in [3.8, 4) is 0 Å². The molecule has 16 heavy (non-hydrogen) atoms. The number of carbonyl (C=O) groups excluding carboxylic acids is 1. The van der Waals surface area contributed by atoms with E-state index in [1.54, 1.807) is 6.07 Å². The zero-order valence-corrected chi connectivity index (χ0v) is 9.55. The zero-order chi connectivity index (χ0) is 11.7. The van der Waals surface area contributed by atoms with E-state index in [9.17, 15) is 4.79 Å². The highest BCUT2D eigenvalue weighted by Crippen LogP contribution is 2.29. The number of benzene rings is 1. The molecule has 0 spiro atoms. The van der Waals surface area contributed by atoms with E-state index in [4.69, 9.17) is 33.4 Å². The molecule has 0 aliphatic heterocycles. The molecule has 0 bridgehead atoms. The third-order valence-electron chi connectivity index (χ3n) is 2.12. The van der Waals surface area contributed by atoms with Crippen LogP contribution in [-0.4, -0.2) is 5.78 Å². The number of furan rings is 1. The number of hydrogen-bond donors (Lipinski definition) is 1. The van der Waals surface area contributed by atoms with Crippen molar-refractivity contribution in [3.05, 3.63) is 51.9 Å². The predicted octanol–water partition coefficient (Wildman–Crippen LogP) is 3.40. The molecule has 2 rings (SSSR count). The molecule has 3 nitrogen and oxygen atoms in total. The molecule has 1 aromatic heterocycles. The van der Waals surface area contributed by atoms with Gasteiger partial charge in [0.25, 0.3) is 0 Å². The molecule has 0 radical (unpaired) electrons. The Morgan fingerprint density at radius 1 is 1.19 bits per heavy atom. The van der Waals surface area contributed by atoms with Gasteiger partial charge in [0.15, 0.2) is 5.78 Å². The molecular weight excluding hydrogens is 249 g/mol. The summed E-state index contributed by atoms with van der Waals surface area (Å²) >= 11 is 11.7. The molecule has 0 saturated carbocycles. The number of rotatable bonds is 2. The van der Waals surface area contributed by atoms with Crippen LogP contribution in [0.4, 0.5) is 5.69 Å². The predicted molar refractivity (Wildman–Crippen MR) is 63.0 cm³/mol. The fraction of sp³-hybridized carbons (Fsp3) is 0. The zero-order valence-electron chi connectivity index (χ0n) is 8.04. The summed E-state index contributed by atoms with van der Waals surface area (Å²) in [4.78, 5) is 11.9. The van der Waals surface area contributed by atoms with Crippen LogP contribution < -0.4 is 5.73 Å². The minimum atomic E-state index is -0.211. The van der Waals surface area contributed by atoms with Crippen molar-refractivity contribution >= 4 is 34.7 Å². The molecule has 2 aromatic rings. The van der Waals surface area contributed by atoms with Crippen LogP contribution >= 0.6 is 23.2 Å². The molecule has 2 N–H and O–H groups in total. The maximum atomic E-state index is 11.9. The van der Waals surface area contributed by atoms with Gasteiger partial charge in [-0.15, -0.1) is 0 Å². The Labute approximate surface area is 102 Å². The van der Waals surface area contributed by atoms with Gasteiger partial charge in [0.05, 0.1) is 27.6 Å². The molecule has 1 heterocycles. The fourth-order valence-electron chi connectivity index (χ4n) is 1.28. The van der Waals surface area contributed by atoms with Crippen molar-refractivity contribution in [1.82, 2.24) is 0 Å². The second-order valence-corrected chi connectivity index (χ2v) is 4.01. The first kappa shape index (κ1) is 11.0. The number of nitrogens with two attached hydrogens (primary N) is 1.